The van der Waals surface area contributed by atoms with Crippen LogP contribution in [0, 0.1) is 0 Å². The molecule has 0 fully saturated rings. The van der Waals surface area contributed by atoms with Crippen molar-refractivity contribution >= 4 is 11.6 Å². The van der Waals surface area contributed by atoms with E-state index >= 15 is 0 Å². The number of amides is 1. The van der Waals surface area contributed by atoms with Gasteiger partial charge in [-0.3, -0.25) is 4.79 Å². The fourth-order valence-corrected chi connectivity index (χ4v) is 0.837. The van der Waals surface area contributed by atoms with Crippen LogP contribution in [0.5, 0.6) is 0 Å². The Labute approximate surface area is 56.5 Å². The smallest absolute Gasteiger partial charge is 0.274 e. The van der Waals surface area contributed by atoms with Crippen molar-refractivity contribution in [3.8, 4) is 0 Å². The SMILES string of the molecule is O=C1NCC=C2N=NN=C12. The normalized spacial score (nSPS) is 21.4. The van der Waals surface area contributed by atoms with Crippen LogP contribution >= 0.6 is 0 Å². The van der Waals surface area contributed by atoms with Gasteiger partial charge >= 0.3 is 0 Å². The molecule has 0 saturated heterocycles. The molecule has 0 bridgehead atoms. The Balaban J connectivity index is 2.46. The summed E-state index contributed by atoms with van der Waals surface area (Å²) in [5, 5.41) is 13.1. The van der Waals surface area contributed by atoms with Crippen LogP contribution < -0.4 is 5.32 Å². The minimum atomic E-state index is -0.192. The van der Waals surface area contributed by atoms with E-state index in [1.807, 2.05) is 0 Å². The highest BCUT2D eigenvalue weighted by Gasteiger charge is 2.23. The Kier molecular flexibility index (Phi) is 0.913. The van der Waals surface area contributed by atoms with Gasteiger partial charge in [0.15, 0.2) is 5.71 Å². The molecule has 0 radical (unpaired) electrons. The fourth-order valence-electron chi connectivity index (χ4n) is 0.837. The molecular formula is C5H4N4O. The first-order chi connectivity index (χ1) is 4.88. The number of hydrogen-bond donors (Lipinski definition) is 1. The van der Waals surface area contributed by atoms with E-state index in [1.54, 1.807) is 6.08 Å². The van der Waals surface area contributed by atoms with E-state index in [0.29, 0.717) is 18.0 Å². The van der Waals surface area contributed by atoms with Gasteiger partial charge < -0.3 is 5.32 Å². The first kappa shape index (κ1) is 5.28. The molecule has 0 aromatic carbocycles. The van der Waals surface area contributed by atoms with Crippen LogP contribution in [-0.2, 0) is 4.79 Å². The minimum Gasteiger partial charge on any atom is -0.347 e. The molecule has 1 amide bonds. The standard InChI is InChI=1S/C5H4N4O/c10-5-4-3(1-2-6-5)7-9-8-4/h1H,2H2,(H,6,10). The summed E-state index contributed by atoms with van der Waals surface area (Å²) in [6.45, 7) is 0.520. The molecule has 2 heterocycles. The number of fused-ring (bicyclic) bond motifs is 1. The molecule has 50 valence electrons. The van der Waals surface area contributed by atoms with Gasteiger partial charge in [-0.15, -0.1) is 10.2 Å². The number of rotatable bonds is 0. The lowest BCUT2D eigenvalue weighted by atomic mass is 10.2. The van der Waals surface area contributed by atoms with Crippen LogP contribution in [-0.4, -0.2) is 18.2 Å². The molecule has 5 nitrogen and oxygen atoms in total. The van der Waals surface area contributed by atoms with Crippen molar-refractivity contribution in [2.45, 2.75) is 0 Å². The third-order valence-electron chi connectivity index (χ3n) is 1.31. The molecule has 0 unspecified atom stereocenters. The Morgan fingerprint density at radius 2 is 2.50 bits per heavy atom. The monoisotopic (exact) mass is 136 g/mol. The molecule has 0 aromatic rings. The van der Waals surface area contributed by atoms with Crippen LogP contribution in [0.15, 0.2) is 27.2 Å². The van der Waals surface area contributed by atoms with Crippen LogP contribution in [0.25, 0.3) is 0 Å². The van der Waals surface area contributed by atoms with Gasteiger partial charge in [0.25, 0.3) is 5.91 Å². The van der Waals surface area contributed by atoms with Gasteiger partial charge in [0, 0.05) is 6.54 Å². The molecule has 0 aliphatic carbocycles. The van der Waals surface area contributed by atoms with E-state index in [2.05, 4.69) is 20.8 Å². The van der Waals surface area contributed by atoms with Gasteiger partial charge in [-0.2, -0.15) is 0 Å². The van der Waals surface area contributed by atoms with Crippen molar-refractivity contribution in [2.24, 2.45) is 15.4 Å². The van der Waals surface area contributed by atoms with E-state index in [9.17, 15) is 4.79 Å². The highest BCUT2D eigenvalue weighted by atomic mass is 16.2. The van der Waals surface area contributed by atoms with Crippen LogP contribution in [0.2, 0.25) is 0 Å². The van der Waals surface area contributed by atoms with Crippen molar-refractivity contribution in [3.63, 3.8) is 0 Å². The third-order valence-corrected chi connectivity index (χ3v) is 1.31. The summed E-state index contributed by atoms with van der Waals surface area (Å²) in [6.07, 6.45) is 1.77. The summed E-state index contributed by atoms with van der Waals surface area (Å²) < 4.78 is 0. The molecule has 0 saturated carbocycles. The Hall–Kier alpha value is -1.52. The number of nitrogens with zero attached hydrogens (tertiary/aromatic N) is 3. The predicted octanol–water partition coefficient (Wildman–Crippen LogP) is -0.178. The summed E-state index contributed by atoms with van der Waals surface area (Å²) in [5.41, 5.74) is 0.912. The molecule has 1 N–H and O–H groups in total. The largest absolute Gasteiger partial charge is 0.347 e. The van der Waals surface area contributed by atoms with E-state index < -0.39 is 0 Å². The van der Waals surface area contributed by atoms with Crippen molar-refractivity contribution < 1.29 is 4.79 Å². The van der Waals surface area contributed by atoms with E-state index in [0.717, 1.165) is 0 Å². The number of carbonyl (C=O) groups is 1. The van der Waals surface area contributed by atoms with E-state index in [-0.39, 0.29) is 5.91 Å². The maximum Gasteiger partial charge on any atom is 0.274 e. The van der Waals surface area contributed by atoms with Gasteiger partial charge in [0.2, 0.25) is 0 Å². The summed E-state index contributed by atoms with van der Waals surface area (Å²) >= 11 is 0. The summed E-state index contributed by atoms with van der Waals surface area (Å²) in [4.78, 5) is 10.9. The van der Waals surface area contributed by atoms with Gasteiger partial charge in [-0.1, -0.05) is 0 Å². The van der Waals surface area contributed by atoms with E-state index in [4.69, 9.17) is 0 Å². The maximum atomic E-state index is 10.9. The average Bonchev–Trinajstić information content (AvgIpc) is 2.36. The molecule has 2 aliphatic rings. The Bertz CT molecular complexity index is 275. The Morgan fingerprint density at radius 1 is 1.60 bits per heavy atom. The Morgan fingerprint density at radius 3 is 3.30 bits per heavy atom. The van der Waals surface area contributed by atoms with E-state index in [1.165, 1.54) is 0 Å². The average molecular weight is 136 g/mol. The number of hydrogen-bond acceptors (Lipinski definition) is 4. The van der Waals surface area contributed by atoms with Gasteiger partial charge in [-0.25, -0.2) is 0 Å². The highest BCUT2D eigenvalue weighted by molar-refractivity contribution is 6.46. The number of carbonyl (C=O) groups excluding carboxylic acids is 1. The van der Waals surface area contributed by atoms with Crippen LogP contribution in [0.4, 0.5) is 0 Å². The number of nitrogens with one attached hydrogen (secondary N) is 1. The molecule has 0 spiro atoms. The summed E-state index contributed by atoms with van der Waals surface area (Å²) in [7, 11) is 0. The minimum absolute atomic E-state index is 0.192. The van der Waals surface area contributed by atoms with Crippen LogP contribution in [0.1, 0.15) is 0 Å². The van der Waals surface area contributed by atoms with Crippen LogP contribution in [0.3, 0.4) is 0 Å². The molecule has 0 atom stereocenters. The second-order valence-electron chi connectivity index (χ2n) is 1.94. The molecule has 2 aliphatic heterocycles. The van der Waals surface area contributed by atoms with Gasteiger partial charge in [0.05, 0.1) is 0 Å². The summed E-state index contributed by atoms with van der Waals surface area (Å²) in [5.74, 6) is -0.192. The highest BCUT2D eigenvalue weighted by Crippen LogP contribution is 2.11. The van der Waals surface area contributed by atoms with Crippen molar-refractivity contribution in [2.75, 3.05) is 6.54 Å². The topological polar surface area (TPSA) is 66.2 Å². The molecular weight excluding hydrogens is 132 g/mol. The third kappa shape index (κ3) is 0.570. The zero-order chi connectivity index (χ0) is 6.97. The van der Waals surface area contributed by atoms with Crippen molar-refractivity contribution in [3.05, 3.63) is 11.8 Å². The molecule has 0 aromatic heterocycles. The lowest BCUT2D eigenvalue weighted by Gasteiger charge is -2.06. The summed E-state index contributed by atoms with van der Waals surface area (Å²) in [6, 6.07) is 0. The fraction of sp³-hybridized carbons (Fsp3) is 0.200. The van der Waals surface area contributed by atoms with Crippen molar-refractivity contribution in [1.82, 2.24) is 5.32 Å². The second-order valence-corrected chi connectivity index (χ2v) is 1.94. The first-order valence-electron chi connectivity index (χ1n) is 2.85. The lowest BCUT2D eigenvalue weighted by Crippen LogP contribution is -2.35. The molecule has 2 rings (SSSR count). The van der Waals surface area contributed by atoms with Crippen molar-refractivity contribution in [1.29, 1.82) is 0 Å². The first-order valence-corrected chi connectivity index (χ1v) is 2.85. The molecule has 10 heavy (non-hydrogen) atoms. The maximum absolute atomic E-state index is 10.9. The zero-order valence-electron chi connectivity index (χ0n) is 5.03. The lowest BCUT2D eigenvalue weighted by molar-refractivity contribution is -0.114. The molecule has 5 heteroatoms. The van der Waals surface area contributed by atoms with Gasteiger partial charge in [-0.05, 0) is 11.3 Å². The predicted molar refractivity (Wildman–Crippen MR) is 33.4 cm³/mol. The second kappa shape index (κ2) is 1.73. The zero-order valence-corrected chi connectivity index (χ0v) is 5.03. The van der Waals surface area contributed by atoms with Gasteiger partial charge in [0.1, 0.15) is 5.70 Å². The quantitative estimate of drug-likeness (QED) is 0.493.